The van der Waals surface area contributed by atoms with E-state index in [9.17, 15) is 9.59 Å². The van der Waals surface area contributed by atoms with Gasteiger partial charge < -0.3 is 9.47 Å². The first kappa shape index (κ1) is 21.0. The van der Waals surface area contributed by atoms with Crippen LogP contribution in [0.3, 0.4) is 0 Å². The Morgan fingerprint density at radius 3 is 2.52 bits per heavy atom. The average Bonchev–Trinajstić information content (AvgIpc) is 3.00. The van der Waals surface area contributed by atoms with E-state index in [-0.39, 0.29) is 18.0 Å². The lowest BCUT2D eigenvalue weighted by atomic mass is 10.0. The van der Waals surface area contributed by atoms with Gasteiger partial charge >= 0.3 is 5.97 Å². The number of hydrogen-bond donors (Lipinski definition) is 0. The fraction of sp³-hybridized carbons (Fsp3) is 0.409. The molecule has 0 aliphatic carbocycles. The molecule has 0 saturated heterocycles. The summed E-state index contributed by atoms with van der Waals surface area (Å²) in [6.07, 6.45) is 0. The highest BCUT2D eigenvalue weighted by molar-refractivity contribution is 7.19. The first-order chi connectivity index (χ1) is 13.8. The van der Waals surface area contributed by atoms with E-state index in [1.807, 2.05) is 52.0 Å². The minimum absolute atomic E-state index is 0.141. The number of fused-ring (bicyclic) bond motifs is 1. The lowest BCUT2D eigenvalue weighted by Crippen LogP contribution is -2.28. The van der Waals surface area contributed by atoms with Gasteiger partial charge in [-0.15, -0.1) is 11.3 Å². The van der Waals surface area contributed by atoms with Gasteiger partial charge in [-0.3, -0.25) is 14.2 Å². The third-order valence-electron chi connectivity index (χ3n) is 4.50. The van der Waals surface area contributed by atoms with Crippen LogP contribution in [0.5, 0.6) is 5.75 Å². The van der Waals surface area contributed by atoms with E-state index in [1.54, 1.807) is 6.92 Å². The van der Waals surface area contributed by atoms with Crippen LogP contribution in [-0.2, 0) is 16.1 Å². The molecule has 29 heavy (non-hydrogen) atoms. The number of rotatable bonds is 7. The normalized spacial score (nSPS) is 11.2. The van der Waals surface area contributed by atoms with E-state index in [0.717, 1.165) is 21.8 Å². The van der Waals surface area contributed by atoms with Gasteiger partial charge in [0.25, 0.3) is 5.56 Å². The summed E-state index contributed by atoms with van der Waals surface area (Å²) < 4.78 is 12.2. The van der Waals surface area contributed by atoms with Crippen LogP contribution < -0.4 is 10.3 Å². The number of esters is 1. The molecule has 0 radical (unpaired) electrons. The molecule has 1 aromatic carbocycles. The van der Waals surface area contributed by atoms with E-state index in [2.05, 4.69) is 4.98 Å². The second-order valence-corrected chi connectivity index (χ2v) is 8.50. The Bertz CT molecular complexity index is 1080. The largest absolute Gasteiger partial charge is 0.494 e. The van der Waals surface area contributed by atoms with E-state index < -0.39 is 5.97 Å². The van der Waals surface area contributed by atoms with Gasteiger partial charge in [-0.2, -0.15) is 0 Å². The van der Waals surface area contributed by atoms with Gasteiger partial charge in [0.2, 0.25) is 0 Å². The van der Waals surface area contributed by atoms with Crippen molar-refractivity contribution in [3.63, 3.8) is 0 Å². The first-order valence-electron chi connectivity index (χ1n) is 9.71. The van der Waals surface area contributed by atoms with Crippen LogP contribution in [0, 0.1) is 19.8 Å². The van der Waals surface area contributed by atoms with E-state index in [4.69, 9.17) is 9.47 Å². The number of aromatic nitrogens is 2. The van der Waals surface area contributed by atoms with E-state index >= 15 is 0 Å². The van der Waals surface area contributed by atoms with Crippen LogP contribution in [0.2, 0.25) is 0 Å². The Labute approximate surface area is 174 Å². The Balaban J connectivity index is 2.05. The predicted molar refractivity (Wildman–Crippen MR) is 116 cm³/mol. The number of carbonyl (C=O) groups excluding carboxylic acids is 1. The zero-order valence-corrected chi connectivity index (χ0v) is 18.3. The Hall–Kier alpha value is -2.67. The van der Waals surface area contributed by atoms with Gasteiger partial charge in [0.05, 0.1) is 18.6 Å². The van der Waals surface area contributed by atoms with Crippen molar-refractivity contribution < 1.29 is 14.3 Å². The van der Waals surface area contributed by atoms with Gasteiger partial charge in [-0.1, -0.05) is 26.0 Å². The summed E-state index contributed by atoms with van der Waals surface area (Å²) in [5, 5.41) is 0.541. The molecule has 154 valence electrons. The fourth-order valence-electron chi connectivity index (χ4n) is 3.15. The number of benzene rings is 1. The van der Waals surface area contributed by atoms with Crippen LogP contribution in [0.15, 0.2) is 29.1 Å². The molecule has 2 heterocycles. The highest BCUT2D eigenvalue weighted by atomic mass is 32.1. The Morgan fingerprint density at radius 1 is 1.21 bits per heavy atom. The van der Waals surface area contributed by atoms with Crippen molar-refractivity contribution in [1.82, 2.24) is 9.55 Å². The Kier molecular flexibility index (Phi) is 6.37. The molecule has 0 N–H and O–H groups in total. The first-order valence-corrected chi connectivity index (χ1v) is 10.5. The molecule has 0 atom stereocenters. The number of ether oxygens (including phenoxy) is 2. The lowest BCUT2D eigenvalue weighted by molar-refractivity contribution is -0.145. The summed E-state index contributed by atoms with van der Waals surface area (Å²) in [7, 11) is 0. The maximum absolute atomic E-state index is 13.3. The van der Waals surface area contributed by atoms with Gasteiger partial charge in [-0.05, 0) is 44.4 Å². The van der Waals surface area contributed by atoms with E-state index in [0.29, 0.717) is 29.3 Å². The molecule has 0 saturated carbocycles. The van der Waals surface area contributed by atoms with Crippen molar-refractivity contribution in [3.8, 4) is 16.9 Å². The Morgan fingerprint density at radius 2 is 1.90 bits per heavy atom. The predicted octanol–water partition coefficient (Wildman–Crippen LogP) is 4.34. The van der Waals surface area contributed by atoms with E-state index in [1.165, 1.54) is 15.9 Å². The monoisotopic (exact) mass is 414 g/mol. The molecule has 0 unspecified atom stereocenters. The molecule has 0 amide bonds. The number of thiophene rings is 1. The quantitative estimate of drug-likeness (QED) is 0.538. The second kappa shape index (κ2) is 8.78. The molecule has 0 aliphatic heterocycles. The van der Waals surface area contributed by atoms with Crippen molar-refractivity contribution in [1.29, 1.82) is 0 Å². The zero-order valence-electron chi connectivity index (χ0n) is 17.4. The van der Waals surface area contributed by atoms with Crippen LogP contribution in [0.25, 0.3) is 21.3 Å². The summed E-state index contributed by atoms with van der Waals surface area (Å²) in [5.41, 5.74) is 1.56. The molecule has 0 aliphatic rings. The van der Waals surface area contributed by atoms with Crippen LogP contribution in [0.1, 0.15) is 31.5 Å². The zero-order chi connectivity index (χ0) is 21.1. The lowest BCUT2D eigenvalue weighted by Gasteiger charge is -2.11. The molecule has 7 heteroatoms. The molecule has 2 aromatic heterocycles. The molecule has 3 aromatic rings. The van der Waals surface area contributed by atoms with Crippen LogP contribution >= 0.6 is 11.3 Å². The number of carbonyl (C=O) groups is 1. The number of hydrogen-bond acceptors (Lipinski definition) is 6. The minimum Gasteiger partial charge on any atom is -0.494 e. The van der Waals surface area contributed by atoms with Crippen molar-refractivity contribution in [2.45, 2.75) is 41.2 Å². The molecule has 0 fully saturated rings. The third kappa shape index (κ3) is 4.50. The molecule has 3 rings (SSSR count). The van der Waals surface area contributed by atoms with Crippen LogP contribution in [0.4, 0.5) is 0 Å². The highest BCUT2D eigenvalue weighted by Crippen LogP contribution is 2.36. The third-order valence-corrected chi connectivity index (χ3v) is 5.50. The molecule has 6 nitrogen and oxygen atoms in total. The standard InChI is InChI=1S/C22H26N2O4S/c1-6-27-17-9-7-16(8-10-17)19-14(4)29-21-20(19)22(26)24(15(5)23-21)11-18(25)28-12-13(2)3/h7-10,13H,6,11-12H2,1-5H3. The van der Waals surface area contributed by atoms with Gasteiger partial charge in [-0.25, -0.2) is 4.98 Å². The maximum Gasteiger partial charge on any atom is 0.326 e. The SMILES string of the molecule is CCOc1ccc(-c2c(C)sc3nc(C)n(CC(=O)OCC(C)C)c(=O)c23)cc1. The van der Waals surface area contributed by atoms with Gasteiger partial charge in [0, 0.05) is 10.4 Å². The minimum atomic E-state index is -0.431. The average molecular weight is 415 g/mol. The summed E-state index contributed by atoms with van der Waals surface area (Å²) in [6, 6.07) is 7.68. The molecule has 0 spiro atoms. The van der Waals surface area contributed by atoms with Crippen molar-refractivity contribution in [2.24, 2.45) is 5.92 Å². The summed E-state index contributed by atoms with van der Waals surface area (Å²) in [5.74, 6) is 1.10. The van der Waals surface area contributed by atoms with Crippen molar-refractivity contribution in [2.75, 3.05) is 13.2 Å². The van der Waals surface area contributed by atoms with Gasteiger partial charge in [0.1, 0.15) is 22.9 Å². The van der Waals surface area contributed by atoms with Gasteiger partial charge in [0.15, 0.2) is 0 Å². The number of nitrogens with zero attached hydrogens (tertiary/aromatic N) is 2. The summed E-state index contributed by atoms with van der Waals surface area (Å²) >= 11 is 1.49. The topological polar surface area (TPSA) is 70.4 Å². The highest BCUT2D eigenvalue weighted by Gasteiger charge is 2.20. The summed E-state index contributed by atoms with van der Waals surface area (Å²) in [6.45, 7) is 10.4. The molecular formula is C22H26N2O4S. The smallest absolute Gasteiger partial charge is 0.326 e. The number of aryl methyl sites for hydroxylation is 2. The molecular weight excluding hydrogens is 388 g/mol. The molecule has 0 bridgehead atoms. The fourth-order valence-corrected chi connectivity index (χ4v) is 4.23. The maximum atomic E-state index is 13.3. The van der Waals surface area contributed by atoms with Crippen LogP contribution in [-0.4, -0.2) is 28.7 Å². The van der Waals surface area contributed by atoms with Crippen molar-refractivity contribution >= 4 is 27.5 Å². The summed E-state index contributed by atoms with van der Waals surface area (Å²) in [4.78, 5) is 31.8. The van der Waals surface area contributed by atoms with Crippen molar-refractivity contribution in [3.05, 3.63) is 45.3 Å². The second-order valence-electron chi connectivity index (χ2n) is 7.30.